The van der Waals surface area contributed by atoms with Crippen molar-refractivity contribution in [1.29, 1.82) is 0 Å². The molecule has 2 aliphatic rings. The first-order valence-corrected chi connectivity index (χ1v) is 10.4. The van der Waals surface area contributed by atoms with Crippen LogP contribution in [0, 0.1) is 5.92 Å². The third kappa shape index (κ3) is 3.60. The van der Waals surface area contributed by atoms with Crippen molar-refractivity contribution in [2.24, 2.45) is 5.92 Å². The second-order valence-corrected chi connectivity index (χ2v) is 8.17. The van der Waals surface area contributed by atoms with Crippen LogP contribution >= 0.6 is 0 Å². The quantitative estimate of drug-likeness (QED) is 0.740. The summed E-state index contributed by atoms with van der Waals surface area (Å²) >= 11 is 0. The highest BCUT2D eigenvalue weighted by molar-refractivity contribution is 5.95. The summed E-state index contributed by atoms with van der Waals surface area (Å²) in [4.78, 5) is 16.7. The average Bonchev–Trinajstić information content (AvgIpc) is 3.18. The molecule has 3 aromatic rings. The van der Waals surface area contributed by atoms with E-state index in [0.717, 1.165) is 68.0 Å². The second kappa shape index (κ2) is 7.52. The van der Waals surface area contributed by atoms with Gasteiger partial charge in [0, 0.05) is 44.3 Å². The standard InChI is InChI=1S/C23H26N4O2/c1-16-14-18-15-17(6-7-20(18)24-23(16)28)8-9-26-10-12-27(13-11-26)22-19-4-2-3-5-21(19)29-25-22/h2-7,15-16H,8-14H2,1H3,(H,24,28). The summed E-state index contributed by atoms with van der Waals surface area (Å²) in [7, 11) is 0. The lowest BCUT2D eigenvalue weighted by Gasteiger charge is -2.34. The van der Waals surface area contributed by atoms with Crippen LogP contribution in [0.1, 0.15) is 18.1 Å². The molecule has 2 aromatic carbocycles. The maximum Gasteiger partial charge on any atom is 0.227 e. The number of fused-ring (bicyclic) bond motifs is 2. The van der Waals surface area contributed by atoms with E-state index < -0.39 is 0 Å². The molecule has 0 bridgehead atoms. The van der Waals surface area contributed by atoms with Crippen LogP contribution in [0.5, 0.6) is 0 Å². The molecule has 1 amide bonds. The first-order valence-electron chi connectivity index (χ1n) is 10.4. The molecule has 1 N–H and O–H groups in total. The number of carbonyl (C=O) groups is 1. The zero-order valence-corrected chi connectivity index (χ0v) is 16.7. The van der Waals surface area contributed by atoms with Gasteiger partial charge in [0.25, 0.3) is 0 Å². The van der Waals surface area contributed by atoms with E-state index in [4.69, 9.17) is 4.52 Å². The van der Waals surface area contributed by atoms with Crippen molar-refractivity contribution < 1.29 is 9.32 Å². The molecule has 0 aliphatic carbocycles. The average molecular weight is 390 g/mol. The molecule has 5 rings (SSSR count). The second-order valence-electron chi connectivity index (χ2n) is 8.17. The predicted molar refractivity (Wildman–Crippen MR) is 114 cm³/mol. The van der Waals surface area contributed by atoms with Crippen LogP contribution in [-0.2, 0) is 17.6 Å². The molecule has 1 aromatic heterocycles. The summed E-state index contributed by atoms with van der Waals surface area (Å²) in [5, 5.41) is 8.39. The summed E-state index contributed by atoms with van der Waals surface area (Å²) in [6, 6.07) is 14.5. The van der Waals surface area contributed by atoms with Crippen molar-refractivity contribution in [1.82, 2.24) is 10.1 Å². The highest BCUT2D eigenvalue weighted by atomic mass is 16.5. The minimum Gasteiger partial charge on any atom is -0.354 e. The highest BCUT2D eigenvalue weighted by Gasteiger charge is 2.23. The van der Waals surface area contributed by atoms with Gasteiger partial charge in [-0.2, -0.15) is 0 Å². The van der Waals surface area contributed by atoms with Crippen molar-refractivity contribution in [2.75, 3.05) is 42.9 Å². The van der Waals surface area contributed by atoms with E-state index in [0.29, 0.717) is 0 Å². The smallest absolute Gasteiger partial charge is 0.227 e. The van der Waals surface area contributed by atoms with E-state index in [9.17, 15) is 4.79 Å². The number of para-hydroxylation sites is 1. The van der Waals surface area contributed by atoms with Gasteiger partial charge in [-0.3, -0.25) is 9.69 Å². The van der Waals surface area contributed by atoms with E-state index in [-0.39, 0.29) is 11.8 Å². The number of nitrogens with one attached hydrogen (secondary N) is 1. The van der Waals surface area contributed by atoms with Crippen molar-refractivity contribution in [3.8, 4) is 0 Å². The van der Waals surface area contributed by atoms with Gasteiger partial charge >= 0.3 is 0 Å². The Hall–Kier alpha value is -2.86. The van der Waals surface area contributed by atoms with Crippen LogP contribution < -0.4 is 10.2 Å². The number of anilines is 2. The summed E-state index contributed by atoms with van der Waals surface area (Å²) in [6.45, 7) is 7.02. The van der Waals surface area contributed by atoms with Gasteiger partial charge in [0.05, 0.1) is 5.39 Å². The van der Waals surface area contributed by atoms with Gasteiger partial charge in [0.15, 0.2) is 11.4 Å². The van der Waals surface area contributed by atoms with Crippen molar-refractivity contribution in [3.05, 3.63) is 53.6 Å². The Balaban J connectivity index is 1.18. The minimum absolute atomic E-state index is 0.0541. The van der Waals surface area contributed by atoms with Gasteiger partial charge in [-0.1, -0.05) is 36.3 Å². The molecule has 3 heterocycles. The van der Waals surface area contributed by atoms with Crippen LogP contribution in [0.3, 0.4) is 0 Å². The molecule has 1 saturated heterocycles. The first kappa shape index (κ1) is 18.2. The zero-order chi connectivity index (χ0) is 19.8. The maximum atomic E-state index is 11.8. The number of carbonyl (C=O) groups excluding carboxylic acids is 1. The topological polar surface area (TPSA) is 61.6 Å². The molecule has 2 aliphatic heterocycles. The summed E-state index contributed by atoms with van der Waals surface area (Å²) in [6.07, 6.45) is 1.86. The molecule has 1 unspecified atom stereocenters. The Bertz CT molecular complexity index is 1040. The molecule has 6 nitrogen and oxygen atoms in total. The number of benzene rings is 2. The van der Waals surface area contributed by atoms with E-state index in [1.165, 1.54) is 11.1 Å². The van der Waals surface area contributed by atoms with Crippen LogP contribution in [0.4, 0.5) is 11.5 Å². The largest absolute Gasteiger partial charge is 0.354 e. The fourth-order valence-corrected chi connectivity index (χ4v) is 4.34. The summed E-state index contributed by atoms with van der Waals surface area (Å²) < 4.78 is 5.46. The minimum atomic E-state index is 0.0541. The number of amides is 1. The molecule has 0 spiro atoms. The van der Waals surface area contributed by atoms with Crippen molar-refractivity contribution >= 4 is 28.4 Å². The fourth-order valence-electron chi connectivity index (χ4n) is 4.34. The van der Waals surface area contributed by atoms with Crippen LogP contribution in [0.2, 0.25) is 0 Å². The molecule has 0 saturated carbocycles. The van der Waals surface area contributed by atoms with E-state index in [1.807, 2.05) is 25.1 Å². The maximum absolute atomic E-state index is 11.8. The highest BCUT2D eigenvalue weighted by Crippen LogP contribution is 2.28. The van der Waals surface area contributed by atoms with Crippen molar-refractivity contribution in [2.45, 2.75) is 19.8 Å². The van der Waals surface area contributed by atoms with Gasteiger partial charge in [-0.25, -0.2) is 0 Å². The Labute approximate surface area is 170 Å². The van der Waals surface area contributed by atoms with Gasteiger partial charge in [0.1, 0.15) is 0 Å². The molecular weight excluding hydrogens is 364 g/mol. The van der Waals surface area contributed by atoms with E-state index >= 15 is 0 Å². The van der Waals surface area contributed by atoms with Crippen molar-refractivity contribution in [3.63, 3.8) is 0 Å². The number of aromatic nitrogens is 1. The molecule has 1 atom stereocenters. The fraction of sp³-hybridized carbons (Fsp3) is 0.391. The van der Waals surface area contributed by atoms with E-state index in [2.05, 4.69) is 44.5 Å². The van der Waals surface area contributed by atoms with Gasteiger partial charge < -0.3 is 14.7 Å². The van der Waals surface area contributed by atoms with Crippen LogP contribution in [0.25, 0.3) is 11.0 Å². The lowest BCUT2D eigenvalue weighted by Crippen LogP contribution is -2.47. The Kier molecular flexibility index (Phi) is 4.72. The molecular formula is C23H26N4O2. The number of hydrogen-bond acceptors (Lipinski definition) is 5. The SMILES string of the molecule is CC1Cc2cc(CCN3CCN(c4noc5ccccc45)CC3)ccc2NC1=O. The number of rotatable bonds is 4. The number of hydrogen-bond donors (Lipinski definition) is 1. The Morgan fingerprint density at radius 3 is 2.83 bits per heavy atom. The summed E-state index contributed by atoms with van der Waals surface area (Å²) in [5.41, 5.74) is 4.43. The number of piperazine rings is 1. The summed E-state index contributed by atoms with van der Waals surface area (Å²) in [5.74, 6) is 1.15. The molecule has 1 fully saturated rings. The molecule has 29 heavy (non-hydrogen) atoms. The van der Waals surface area contributed by atoms with Gasteiger partial charge in [0.2, 0.25) is 5.91 Å². The van der Waals surface area contributed by atoms with Gasteiger partial charge in [-0.15, -0.1) is 0 Å². The molecule has 6 heteroatoms. The normalized spacial score (nSPS) is 20.0. The lowest BCUT2D eigenvalue weighted by atomic mass is 9.93. The van der Waals surface area contributed by atoms with Gasteiger partial charge in [-0.05, 0) is 42.2 Å². The first-order chi connectivity index (χ1) is 14.2. The van der Waals surface area contributed by atoms with Crippen LogP contribution in [0.15, 0.2) is 47.0 Å². The van der Waals surface area contributed by atoms with E-state index in [1.54, 1.807) is 0 Å². The third-order valence-electron chi connectivity index (χ3n) is 6.15. The monoisotopic (exact) mass is 390 g/mol. The predicted octanol–water partition coefficient (Wildman–Crippen LogP) is 3.32. The lowest BCUT2D eigenvalue weighted by molar-refractivity contribution is -0.119. The Morgan fingerprint density at radius 1 is 1.14 bits per heavy atom. The molecule has 150 valence electrons. The molecule has 0 radical (unpaired) electrons. The Morgan fingerprint density at radius 2 is 1.97 bits per heavy atom. The number of nitrogens with zero attached hydrogens (tertiary/aromatic N) is 3. The third-order valence-corrected chi connectivity index (χ3v) is 6.15. The van der Waals surface area contributed by atoms with Crippen LogP contribution in [-0.4, -0.2) is 48.7 Å². The zero-order valence-electron chi connectivity index (χ0n) is 16.7.